The van der Waals surface area contributed by atoms with Crippen LogP contribution in [0.1, 0.15) is 11.3 Å². The molecule has 0 atom stereocenters. The lowest BCUT2D eigenvalue weighted by Crippen LogP contribution is -2.17. The number of hydrogen-bond donors (Lipinski definition) is 1. The molecular weight excluding hydrogens is 321 g/mol. The number of aryl methyl sites for hydroxylation is 1. The monoisotopic (exact) mass is 330 g/mol. The van der Waals surface area contributed by atoms with Crippen LogP contribution in [-0.4, -0.2) is 22.5 Å². The highest BCUT2D eigenvalue weighted by Gasteiger charge is 2.30. The summed E-state index contributed by atoms with van der Waals surface area (Å²) in [6.07, 6.45) is -3.29. The first-order chi connectivity index (χ1) is 10.3. The van der Waals surface area contributed by atoms with Crippen molar-refractivity contribution < 1.29 is 17.9 Å². The molecule has 0 radical (unpaired) electrons. The summed E-state index contributed by atoms with van der Waals surface area (Å²) >= 11 is 5.70. The van der Waals surface area contributed by atoms with Crippen molar-refractivity contribution in [3.05, 3.63) is 46.9 Å². The van der Waals surface area contributed by atoms with Gasteiger partial charge in [-0.2, -0.15) is 10.1 Å². The molecule has 0 aliphatic rings. The summed E-state index contributed by atoms with van der Waals surface area (Å²) in [6.45, 7) is 1.75. The fraction of sp³-hybridized carbons (Fsp3) is 0.154. The van der Waals surface area contributed by atoms with Crippen LogP contribution in [0.5, 0.6) is 5.75 Å². The Balaban J connectivity index is 1.98. The van der Waals surface area contributed by atoms with Gasteiger partial charge in [-0.15, -0.1) is 13.2 Å². The van der Waals surface area contributed by atoms with Gasteiger partial charge in [0.2, 0.25) is 5.28 Å². The molecule has 0 unspecified atom stereocenters. The predicted octanol–water partition coefficient (Wildman–Crippen LogP) is 3.78. The second kappa shape index (κ2) is 6.61. The maximum Gasteiger partial charge on any atom is 0.573 e. The first-order valence-corrected chi connectivity index (χ1v) is 6.36. The van der Waals surface area contributed by atoms with Crippen LogP contribution in [0.25, 0.3) is 0 Å². The van der Waals surface area contributed by atoms with Gasteiger partial charge in [0.05, 0.1) is 6.21 Å². The van der Waals surface area contributed by atoms with E-state index >= 15 is 0 Å². The molecule has 1 heterocycles. The van der Waals surface area contributed by atoms with Crippen LogP contribution >= 0.6 is 11.6 Å². The van der Waals surface area contributed by atoms with Crippen molar-refractivity contribution in [3.8, 4) is 5.75 Å². The molecule has 1 aromatic heterocycles. The van der Waals surface area contributed by atoms with Gasteiger partial charge in [-0.3, -0.25) is 5.43 Å². The number of aromatic nitrogens is 2. The van der Waals surface area contributed by atoms with Crippen molar-refractivity contribution in [2.45, 2.75) is 13.3 Å². The number of hydrogen-bond acceptors (Lipinski definition) is 5. The van der Waals surface area contributed by atoms with E-state index in [1.807, 2.05) is 0 Å². The topological polar surface area (TPSA) is 59.4 Å². The molecule has 2 rings (SSSR count). The third kappa shape index (κ3) is 5.21. The first-order valence-electron chi connectivity index (χ1n) is 5.98. The normalized spacial score (nSPS) is 11.7. The van der Waals surface area contributed by atoms with E-state index < -0.39 is 6.36 Å². The SMILES string of the molecule is Cc1cc(N/N=C/c2ccc(OC(F)(F)F)cc2)nc(Cl)n1. The number of rotatable bonds is 4. The second-order valence-corrected chi connectivity index (χ2v) is 4.49. The highest BCUT2D eigenvalue weighted by molar-refractivity contribution is 6.28. The van der Waals surface area contributed by atoms with Crippen molar-refractivity contribution in [3.63, 3.8) is 0 Å². The van der Waals surface area contributed by atoms with Gasteiger partial charge >= 0.3 is 6.36 Å². The number of halogens is 4. The summed E-state index contributed by atoms with van der Waals surface area (Å²) in [4.78, 5) is 7.80. The van der Waals surface area contributed by atoms with Crippen LogP contribution in [0.3, 0.4) is 0 Å². The molecule has 0 saturated heterocycles. The molecule has 2 aromatic rings. The average Bonchev–Trinajstić information content (AvgIpc) is 2.38. The lowest BCUT2D eigenvalue weighted by atomic mass is 10.2. The van der Waals surface area contributed by atoms with Crippen LogP contribution in [0.2, 0.25) is 5.28 Å². The number of benzene rings is 1. The number of hydrazone groups is 1. The summed E-state index contributed by atoms with van der Waals surface area (Å²) in [5, 5.41) is 4.00. The molecule has 9 heteroatoms. The molecule has 116 valence electrons. The van der Waals surface area contributed by atoms with Gasteiger partial charge < -0.3 is 4.74 Å². The maximum atomic E-state index is 12.0. The van der Waals surface area contributed by atoms with E-state index in [9.17, 15) is 13.2 Å². The molecule has 0 bridgehead atoms. The summed E-state index contributed by atoms with van der Waals surface area (Å²) in [5.74, 6) is 0.113. The lowest BCUT2D eigenvalue weighted by Gasteiger charge is -2.08. The van der Waals surface area contributed by atoms with Crippen molar-refractivity contribution in [1.29, 1.82) is 0 Å². The minimum absolute atomic E-state index is 0.0892. The van der Waals surface area contributed by atoms with Crippen LogP contribution in [0.15, 0.2) is 35.4 Å². The Morgan fingerprint density at radius 2 is 1.91 bits per heavy atom. The van der Waals surface area contributed by atoms with E-state index in [0.29, 0.717) is 17.1 Å². The van der Waals surface area contributed by atoms with Crippen molar-refractivity contribution in [2.24, 2.45) is 5.10 Å². The largest absolute Gasteiger partial charge is 0.573 e. The summed E-state index contributed by atoms with van der Waals surface area (Å²) in [6, 6.07) is 6.90. The molecule has 0 fully saturated rings. The van der Waals surface area contributed by atoms with Gasteiger partial charge in [0.15, 0.2) is 5.82 Å². The summed E-state index contributed by atoms with van der Waals surface area (Å²) in [7, 11) is 0. The Morgan fingerprint density at radius 3 is 2.50 bits per heavy atom. The molecule has 0 saturated carbocycles. The molecule has 0 spiro atoms. The van der Waals surface area contributed by atoms with Gasteiger partial charge in [-0.1, -0.05) is 0 Å². The first kappa shape index (κ1) is 16.0. The minimum Gasteiger partial charge on any atom is -0.406 e. The standard InChI is InChI=1S/C13H10ClF3N4O/c1-8-6-11(20-12(14)19-8)21-18-7-9-2-4-10(5-3-9)22-13(15,16)17/h2-7H,1H3,(H,19,20,21)/b18-7+. The number of alkyl halides is 3. The van der Waals surface area contributed by atoms with E-state index in [0.717, 1.165) is 0 Å². The third-order valence-electron chi connectivity index (χ3n) is 2.33. The number of nitrogens with one attached hydrogen (secondary N) is 1. The van der Waals surface area contributed by atoms with Gasteiger partial charge in [-0.25, -0.2) is 4.98 Å². The molecule has 0 amide bonds. The fourth-order valence-corrected chi connectivity index (χ4v) is 1.74. The van der Waals surface area contributed by atoms with Crippen LogP contribution in [-0.2, 0) is 0 Å². The van der Waals surface area contributed by atoms with Crippen LogP contribution in [0, 0.1) is 6.92 Å². The molecule has 22 heavy (non-hydrogen) atoms. The Kier molecular flexibility index (Phi) is 4.81. The number of nitrogens with zero attached hydrogens (tertiary/aromatic N) is 3. The van der Waals surface area contributed by atoms with Crippen LogP contribution < -0.4 is 10.2 Å². The molecule has 5 nitrogen and oxygen atoms in total. The van der Waals surface area contributed by atoms with Gasteiger partial charge in [0.1, 0.15) is 5.75 Å². The second-order valence-electron chi connectivity index (χ2n) is 4.15. The molecule has 0 aliphatic carbocycles. The highest BCUT2D eigenvalue weighted by Crippen LogP contribution is 2.22. The maximum absolute atomic E-state index is 12.0. The van der Waals surface area contributed by atoms with Crippen molar-refractivity contribution in [1.82, 2.24) is 9.97 Å². The Bertz CT molecular complexity index is 654. The van der Waals surface area contributed by atoms with Crippen molar-refractivity contribution >= 4 is 23.6 Å². The summed E-state index contributed by atoms with van der Waals surface area (Å²) < 4.78 is 39.8. The molecular formula is C13H10ClF3N4O. The average molecular weight is 331 g/mol. The molecule has 1 aromatic carbocycles. The zero-order valence-electron chi connectivity index (χ0n) is 11.2. The van der Waals surface area contributed by atoms with E-state index in [4.69, 9.17) is 11.6 Å². The van der Waals surface area contributed by atoms with Gasteiger partial charge in [-0.05, 0) is 48.4 Å². The van der Waals surface area contributed by atoms with Gasteiger partial charge in [0.25, 0.3) is 0 Å². The van der Waals surface area contributed by atoms with Crippen LogP contribution in [0.4, 0.5) is 19.0 Å². The van der Waals surface area contributed by atoms with E-state index in [-0.39, 0.29) is 11.0 Å². The molecule has 1 N–H and O–H groups in total. The number of ether oxygens (including phenoxy) is 1. The highest BCUT2D eigenvalue weighted by atomic mass is 35.5. The zero-order chi connectivity index (χ0) is 16.2. The number of anilines is 1. The predicted molar refractivity (Wildman–Crippen MR) is 76.1 cm³/mol. The smallest absolute Gasteiger partial charge is 0.406 e. The quantitative estimate of drug-likeness (QED) is 0.526. The minimum atomic E-state index is -4.71. The van der Waals surface area contributed by atoms with E-state index in [2.05, 4.69) is 25.2 Å². The summed E-state index contributed by atoms with van der Waals surface area (Å²) in [5.41, 5.74) is 3.91. The van der Waals surface area contributed by atoms with E-state index in [1.54, 1.807) is 13.0 Å². The Morgan fingerprint density at radius 1 is 1.23 bits per heavy atom. The van der Waals surface area contributed by atoms with Gasteiger partial charge in [0, 0.05) is 11.8 Å². The zero-order valence-corrected chi connectivity index (χ0v) is 12.0. The van der Waals surface area contributed by atoms with Crippen molar-refractivity contribution in [2.75, 3.05) is 5.43 Å². The Labute approximate surface area is 128 Å². The third-order valence-corrected chi connectivity index (χ3v) is 2.50. The Hall–Kier alpha value is -2.35. The van der Waals surface area contributed by atoms with E-state index in [1.165, 1.54) is 30.5 Å². The molecule has 0 aliphatic heterocycles. The fourth-order valence-electron chi connectivity index (χ4n) is 1.52. The lowest BCUT2D eigenvalue weighted by molar-refractivity contribution is -0.274.